The molecule has 0 unspecified atom stereocenters. The van der Waals surface area contributed by atoms with Crippen molar-refractivity contribution in [3.05, 3.63) is 29.0 Å². The van der Waals surface area contributed by atoms with E-state index in [4.69, 9.17) is 16.3 Å². The Balaban J connectivity index is 0.00000128. The van der Waals surface area contributed by atoms with Gasteiger partial charge in [-0.1, -0.05) is 11.6 Å². The highest BCUT2D eigenvalue weighted by molar-refractivity contribution is 6.31. The maximum Gasteiger partial charge on any atom is 0.224 e. The number of aromatic nitrogens is 2. The van der Waals surface area contributed by atoms with Crippen LogP contribution in [-0.4, -0.2) is 16.6 Å². The average Bonchev–Trinajstić information content (AvgIpc) is 2.17. The number of ether oxygens (including phenoxy) is 1. The molecule has 1 aromatic heterocycles. The number of fused-ring (bicyclic) bond motifs is 1. The van der Waals surface area contributed by atoms with Crippen LogP contribution in [0.5, 0.6) is 5.88 Å². The van der Waals surface area contributed by atoms with Crippen LogP contribution in [0.25, 0.3) is 10.9 Å². The van der Waals surface area contributed by atoms with Gasteiger partial charge in [0.15, 0.2) is 0 Å². The number of benzene rings is 1. The second kappa shape index (κ2) is 5.32. The second-order valence-corrected chi connectivity index (χ2v) is 3.61. The van der Waals surface area contributed by atoms with Gasteiger partial charge in [-0.25, -0.2) is 4.98 Å². The Morgan fingerprint density at radius 3 is 2.75 bits per heavy atom. The molecule has 16 heavy (non-hydrogen) atoms. The Labute approximate surface area is 105 Å². The van der Waals surface area contributed by atoms with Crippen LogP contribution in [0.2, 0.25) is 5.02 Å². The monoisotopic (exact) mass is 258 g/mol. The maximum atomic E-state index is 5.90. The van der Waals surface area contributed by atoms with Crippen molar-refractivity contribution in [3.63, 3.8) is 0 Å². The zero-order chi connectivity index (χ0) is 10.8. The van der Waals surface area contributed by atoms with E-state index in [9.17, 15) is 0 Å². The minimum absolute atomic E-state index is 0. The Morgan fingerprint density at radius 2 is 2.06 bits per heavy atom. The normalized spacial score (nSPS) is 9.94. The fourth-order valence-corrected chi connectivity index (χ4v) is 1.60. The summed E-state index contributed by atoms with van der Waals surface area (Å²) in [5.41, 5.74) is 0.818. The fourth-order valence-electron chi connectivity index (χ4n) is 1.43. The van der Waals surface area contributed by atoms with E-state index in [1.165, 1.54) is 0 Å². The summed E-state index contributed by atoms with van der Waals surface area (Å²) in [4.78, 5) is 8.55. The van der Waals surface area contributed by atoms with Crippen LogP contribution in [-0.2, 0) is 0 Å². The van der Waals surface area contributed by atoms with Gasteiger partial charge in [-0.05, 0) is 32.0 Å². The summed E-state index contributed by atoms with van der Waals surface area (Å²) in [6.45, 7) is 4.36. The van der Waals surface area contributed by atoms with Crippen molar-refractivity contribution in [2.45, 2.75) is 13.8 Å². The lowest BCUT2D eigenvalue weighted by molar-refractivity contribution is 0.330. The van der Waals surface area contributed by atoms with Crippen LogP contribution in [0.1, 0.15) is 12.7 Å². The standard InChI is InChI=1S/C11H11ClN2O.ClH/c1-3-15-11-9-5-4-8(12)6-10(9)13-7(2)14-11;/h4-6H,3H2,1-2H3;1H. The first kappa shape index (κ1) is 13.0. The third kappa shape index (κ3) is 2.54. The highest BCUT2D eigenvalue weighted by Crippen LogP contribution is 2.24. The van der Waals surface area contributed by atoms with Gasteiger partial charge in [0.2, 0.25) is 5.88 Å². The molecular weight excluding hydrogens is 247 g/mol. The molecule has 0 atom stereocenters. The van der Waals surface area contributed by atoms with Crippen LogP contribution in [0.3, 0.4) is 0 Å². The Kier molecular flexibility index (Phi) is 4.33. The molecule has 0 aliphatic carbocycles. The van der Waals surface area contributed by atoms with E-state index in [0.29, 0.717) is 23.3 Å². The molecule has 2 rings (SSSR count). The summed E-state index contributed by atoms with van der Waals surface area (Å²) in [7, 11) is 0. The van der Waals surface area contributed by atoms with Gasteiger partial charge in [-0.15, -0.1) is 12.4 Å². The van der Waals surface area contributed by atoms with Gasteiger partial charge in [0.25, 0.3) is 0 Å². The Hall–Kier alpha value is -1.06. The Bertz CT molecular complexity index is 497. The second-order valence-electron chi connectivity index (χ2n) is 3.17. The van der Waals surface area contributed by atoms with Crippen molar-refractivity contribution in [3.8, 4) is 5.88 Å². The molecule has 1 heterocycles. The van der Waals surface area contributed by atoms with Crippen LogP contribution in [0.4, 0.5) is 0 Å². The summed E-state index contributed by atoms with van der Waals surface area (Å²) in [5.74, 6) is 1.31. The molecule has 0 spiro atoms. The van der Waals surface area contributed by atoms with Crippen molar-refractivity contribution in [2.24, 2.45) is 0 Å². The molecule has 0 radical (unpaired) electrons. The Morgan fingerprint density at radius 1 is 1.31 bits per heavy atom. The molecule has 0 aliphatic heterocycles. The first-order chi connectivity index (χ1) is 7.20. The van der Waals surface area contributed by atoms with Crippen LogP contribution < -0.4 is 4.74 Å². The van der Waals surface area contributed by atoms with Crippen LogP contribution >= 0.6 is 24.0 Å². The third-order valence-electron chi connectivity index (χ3n) is 2.02. The molecule has 5 heteroatoms. The number of rotatable bonds is 2. The average molecular weight is 259 g/mol. The van der Waals surface area contributed by atoms with Gasteiger partial charge < -0.3 is 4.74 Å². The fraction of sp³-hybridized carbons (Fsp3) is 0.273. The summed E-state index contributed by atoms with van der Waals surface area (Å²) in [5, 5.41) is 1.56. The van der Waals surface area contributed by atoms with Crippen molar-refractivity contribution >= 4 is 34.9 Å². The quantitative estimate of drug-likeness (QED) is 0.828. The number of hydrogen-bond acceptors (Lipinski definition) is 3. The molecule has 0 saturated carbocycles. The minimum atomic E-state index is 0. The van der Waals surface area contributed by atoms with Crippen LogP contribution in [0.15, 0.2) is 18.2 Å². The number of nitrogens with zero attached hydrogens (tertiary/aromatic N) is 2. The summed E-state index contributed by atoms with van der Waals surface area (Å²) < 4.78 is 5.45. The van der Waals surface area contributed by atoms with Gasteiger partial charge in [0.1, 0.15) is 5.82 Å². The predicted molar refractivity (Wildman–Crippen MR) is 67.7 cm³/mol. The van der Waals surface area contributed by atoms with Gasteiger partial charge in [0.05, 0.1) is 17.5 Å². The zero-order valence-corrected chi connectivity index (χ0v) is 10.6. The summed E-state index contributed by atoms with van der Waals surface area (Å²) >= 11 is 5.90. The van der Waals surface area contributed by atoms with E-state index in [1.807, 2.05) is 32.0 Å². The van der Waals surface area contributed by atoms with E-state index in [0.717, 1.165) is 10.9 Å². The van der Waals surface area contributed by atoms with Crippen LogP contribution in [0, 0.1) is 6.92 Å². The molecule has 0 amide bonds. The van der Waals surface area contributed by atoms with Gasteiger partial charge >= 0.3 is 0 Å². The number of aryl methyl sites for hydroxylation is 1. The van der Waals surface area contributed by atoms with E-state index in [-0.39, 0.29) is 12.4 Å². The molecule has 0 N–H and O–H groups in total. The van der Waals surface area contributed by atoms with Crippen molar-refractivity contribution in [1.29, 1.82) is 0 Å². The topological polar surface area (TPSA) is 35.0 Å². The highest BCUT2D eigenvalue weighted by atomic mass is 35.5. The maximum absolute atomic E-state index is 5.90. The molecule has 0 bridgehead atoms. The molecule has 3 nitrogen and oxygen atoms in total. The van der Waals surface area contributed by atoms with Crippen molar-refractivity contribution in [1.82, 2.24) is 9.97 Å². The highest BCUT2D eigenvalue weighted by Gasteiger charge is 2.06. The first-order valence-electron chi connectivity index (χ1n) is 4.77. The molecule has 0 saturated heterocycles. The van der Waals surface area contributed by atoms with E-state index >= 15 is 0 Å². The molecule has 86 valence electrons. The van der Waals surface area contributed by atoms with Crippen molar-refractivity contribution < 1.29 is 4.74 Å². The largest absolute Gasteiger partial charge is 0.477 e. The van der Waals surface area contributed by atoms with E-state index in [1.54, 1.807) is 0 Å². The molecule has 1 aromatic carbocycles. The zero-order valence-electron chi connectivity index (χ0n) is 9.03. The van der Waals surface area contributed by atoms with Gasteiger partial charge in [0, 0.05) is 5.02 Å². The molecular formula is C11H12Cl2N2O. The molecule has 2 aromatic rings. The smallest absolute Gasteiger partial charge is 0.224 e. The predicted octanol–water partition coefficient (Wildman–Crippen LogP) is 3.41. The van der Waals surface area contributed by atoms with Gasteiger partial charge in [-0.3, -0.25) is 0 Å². The summed E-state index contributed by atoms with van der Waals surface area (Å²) in [6, 6.07) is 5.50. The summed E-state index contributed by atoms with van der Waals surface area (Å²) in [6.07, 6.45) is 0. The van der Waals surface area contributed by atoms with Crippen molar-refractivity contribution in [2.75, 3.05) is 6.61 Å². The lowest BCUT2D eigenvalue weighted by Crippen LogP contribution is -1.98. The molecule has 0 aliphatic rings. The SMILES string of the molecule is CCOc1nc(C)nc2cc(Cl)ccc12.Cl. The lowest BCUT2D eigenvalue weighted by atomic mass is 10.2. The lowest BCUT2D eigenvalue weighted by Gasteiger charge is -2.06. The third-order valence-corrected chi connectivity index (χ3v) is 2.25. The number of halogens is 2. The first-order valence-corrected chi connectivity index (χ1v) is 5.15. The van der Waals surface area contributed by atoms with Gasteiger partial charge in [-0.2, -0.15) is 4.98 Å². The number of hydrogen-bond donors (Lipinski definition) is 0. The molecule has 0 fully saturated rings. The van der Waals surface area contributed by atoms with E-state index in [2.05, 4.69) is 9.97 Å². The minimum Gasteiger partial charge on any atom is -0.477 e. The van der Waals surface area contributed by atoms with E-state index < -0.39 is 0 Å².